The summed E-state index contributed by atoms with van der Waals surface area (Å²) in [5.74, 6) is -0.493. The third-order valence-corrected chi connectivity index (χ3v) is 7.62. The topological polar surface area (TPSA) is 103 Å². The molecule has 0 saturated heterocycles. The first-order valence-corrected chi connectivity index (χ1v) is 13.1. The van der Waals surface area contributed by atoms with Gasteiger partial charge in [-0.2, -0.15) is 0 Å². The normalized spacial score (nSPS) is 13.7. The van der Waals surface area contributed by atoms with Gasteiger partial charge < -0.3 is 25.4 Å². The maximum Gasteiger partial charge on any atom is 0.215 e. The van der Waals surface area contributed by atoms with Crippen LogP contribution >= 0.6 is 23.3 Å². The van der Waals surface area contributed by atoms with E-state index in [0.29, 0.717) is 18.2 Å². The van der Waals surface area contributed by atoms with Crippen LogP contribution in [0.2, 0.25) is 0 Å². The molecule has 0 atom stereocenters. The van der Waals surface area contributed by atoms with E-state index >= 15 is 0 Å². The average molecular weight is 534 g/mol. The van der Waals surface area contributed by atoms with E-state index in [9.17, 15) is 9.18 Å². The van der Waals surface area contributed by atoms with E-state index in [1.165, 1.54) is 23.6 Å². The number of nitrogens with one attached hydrogen (secondary N) is 1. The smallest absolute Gasteiger partial charge is 0.215 e. The molecule has 8 nitrogen and oxygen atoms in total. The molecule has 1 aromatic carbocycles. The number of thiophene rings is 1. The number of rotatable bonds is 15. The zero-order chi connectivity index (χ0) is 26.1. The zero-order valence-corrected chi connectivity index (χ0v) is 22.1. The number of benzene rings is 1. The minimum Gasteiger partial charge on any atom is -0.488 e. The molecule has 0 radical (unpaired) electrons. The first kappa shape index (κ1) is 27.7. The van der Waals surface area contributed by atoms with E-state index in [0.717, 1.165) is 45.3 Å². The Balaban J connectivity index is 1.88. The Labute approximate surface area is 219 Å². The van der Waals surface area contributed by atoms with Crippen molar-refractivity contribution in [2.45, 2.75) is 29.6 Å². The minimum atomic E-state index is -0.527. The van der Waals surface area contributed by atoms with E-state index in [2.05, 4.69) is 16.3 Å². The SMILES string of the molecule is C=C(c1cc(SNC2CC2)sc1N(C=O)Cc1ccc(F)c(OCCO)c1)N(C)CC(C=NC)=CN. The summed E-state index contributed by atoms with van der Waals surface area (Å²) >= 11 is 3.04. The molecular formula is C25H32FN5O3S2. The Morgan fingerprint density at radius 2 is 2.22 bits per heavy atom. The molecule has 0 unspecified atom stereocenters. The van der Waals surface area contributed by atoms with Gasteiger partial charge in [0.1, 0.15) is 11.6 Å². The molecule has 1 saturated carbocycles. The van der Waals surface area contributed by atoms with E-state index in [1.807, 2.05) is 18.0 Å². The highest BCUT2D eigenvalue weighted by Gasteiger charge is 2.24. The zero-order valence-electron chi connectivity index (χ0n) is 20.4. The van der Waals surface area contributed by atoms with Gasteiger partial charge in [-0.15, -0.1) is 11.3 Å². The monoisotopic (exact) mass is 533 g/mol. The Morgan fingerprint density at radius 1 is 1.44 bits per heavy atom. The van der Waals surface area contributed by atoms with Crippen LogP contribution in [0.25, 0.3) is 5.70 Å². The molecule has 11 heteroatoms. The van der Waals surface area contributed by atoms with Crippen LogP contribution in [0.3, 0.4) is 0 Å². The summed E-state index contributed by atoms with van der Waals surface area (Å²) in [4.78, 5) is 19.8. The Morgan fingerprint density at radius 3 is 2.86 bits per heavy atom. The summed E-state index contributed by atoms with van der Waals surface area (Å²) in [5, 5.41) is 9.72. The van der Waals surface area contributed by atoms with Crippen molar-refractivity contribution in [1.29, 1.82) is 0 Å². The second kappa shape index (κ2) is 13.4. The number of likely N-dealkylation sites (N-methyl/N-ethyl adjacent to an activating group) is 1. The molecule has 4 N–H and O–H groups in total. The summed E-state index contributed by atoms with van der Waals surface area (Å²) < 4.78 is 23.8. The maximum atomic E-state index is 14.1. The molecule has 1 amide bonds. The predicted molar refractivity (Wildman–Crippen MR) is 146 cm³/mol. The third-order valence-electron chi connectivity index (χ3n) is 5.38. The highest BCUT2D eigenvalue weighted by Crippen LogP contribution is 2.41. The van der Waals surface area contributed by atoms with Crippen molar-refractivity contribution in [3.05, 3.63) is 59.6 Å². The van der Waals surface area contributed by atoms with Gasteiger partial charge in [0.2, 0.25) is 6.41 Å². The van der Waals surface area contributed by atoms with Gasteiger partial charge in [0.05, 0.1) is 17.4 Å². The molecule has 2 aromatic rings. The van der Waals surface area contributed by atoms with Crippen LogP contribution in [0.1, 0.15) is 24.0 Å². The molecule has 1 aliphatic carbocycles. The standard InChI is InChI=1S/C25H32FN5O3S2/c1-17(30(3)14-19(12-27)13-28-2)21-11-24(36-29-20-5-6-20)35-25(21)31(16-33)15-18-4-7-22(26)23(10-18)34-9-8-32/h4,7,10-13,16,20,29,32H,1,5-6,8-9,14-15,27H2,2-3H3. The molecule has 1 fully saturated rings. The number of aliphatic hydroxyl groups excluding tert-OH is 1. The summed E-state index contributed by atoms with van der Waals surface area (Å²) in [5.41, 5.74) is 8.80. The molecule has 36 heavy (non-hydrogen) atoms. The van der Waals surface area contributed by atoms with Crippen LogP contribution in [0.4, 0.5) is 9.39 Å². The average Bonchev–Trinajstić information content (AvgIpc) is 3.62. The van der Waals surface area contributed by atoms with Crippen molar-refractivity contribution in [2.75, 3.05) is 38.8 Å². The Bertz CT molecular complexity index is 1120. The number of nitrogens with two attached hydrogens (primary N) is 1. The number of hydrogen-bond acceptors (Lipinski definition) is 9. The quantitative estimate of drug-likeness (QED) is 0.183. The van der Waals surface area contributed by atoms with Crippen molar-refractivity contribution >= 4 is 46.6 Å². The first-order chi connectivity index (χ1) is 17.4. The second-order valence-electron chi connectivity index (χ2n) is 8.28. The summed E-state index contributed by atoms with van der Waals surface area (Å²) in [6.45, 7) is 4.75. The minimum absolute atomic E-state index is 0.0183. The Kier molecular flexibility index (Phi) is 10.4. The first-order valence-electron chi connectivity index (χ1n) is 11.4. The molecule has 0 bridgehead atoms. The maximum absolute atomic E-state index is 14.1. The number of carbonyl (C=O) groups is 1. The fourth-order valence-electron chi connectivity index (χ4n) is 3.32. The number of aliphatic imine (C=N–C) groups is 1. The van der Waals surface area contributed by atoms with E-state index in [-0.39, 0.29) is 25.5 Å². The molecule has 0 spiro atoms. The van der Waals surface area contributed by atoms with Crippen LogP contribution in [-0.2, 0) is 11.3 Å². The van der Waals surface area contributed by atoms with Gasteiger partial charge in [-0.1, -0.05) is 12.6 Å². The highest BCUT2D eigenvalue weighted by atomic mass is 32.2. The van der Waals surface area contributed by atoms with Gasteiger partial charge >= 0.3 is 0 Å². The molecular weight excluding hydrogens is 501 g/mol. The summed E-state index contributed by atoms with van der Waals surface area (Å²) in [7, 11) is 3.59. The lowest BCUT2D eigenvalue weighted by atomic mass is 10.1. The molecule has 1 heterocycles. The number of aliphatic hydroxyl groups is 1. The third kappa shape index (κ3) is 7.57. The molecule has 194 valence electrons. The number of hydrogen-bond donors (Lipinski definition) is 3. The number of ether oxygens (including phenoxy) is 1. The molecule has 0 aliphatic heterocycles. The number of anilines is 1. The molecule has 1 aromatic heterocycles. The number of carbonyl (C=O) groups excluding carboxylic acids is 1. The molecule has 1 aliphatic rings. The van der Waals surface area contributed by atoms with Crippen molar-refractivity contribution < 1.29 is 19.0 Å². The largest absolute Gasteiger partial charge is 0.488 e. The van der Waals surface area contributed by atoms with Gasteiger partial charge in [0.25, 0.3) is 0 Å². The van der Waals surface area contributed by atoms with Crippen molar-refractivity contribution in [3.63, 3.8) is 0 Å². The lowest BCUT2D eigenvalue weighted by Crippen LogP contribution is -2.24. The van der Waals surface area contributed by atoms with Gasteiger partial charge in [0.15, 0.2) is 11.6 Å². The fourth-order valence-corrected chi connectivity index (χ4v) is 5.44. The molecule has 3 rings (SSSR count). The highest BCUT2D eigenvalue weighted by molar-refractivity contribution is 7.99. The lowest BCUT2D eigenvalue weighted by molar-refractivity contribution is -0.107. The van der Waals surface area contributed by atoms with Crippen LogP contribution in [0, 0.1) is 5.82 Å². The van der Waals surface area contributed by atoms with Gasteiger partial charge in [-0.3, -0.25) is 14.5 Å². The summed E-state index contributed by atoms with van der Waals surface area (Å²) in [6, 6.07) is 6.99. The van der Waals surface area contributed by atoms with E-state index in [1.54, 1.807) is 42.2 Å². The number of halogens is 1. The van der Waals surface area contributed by atoms with Crippen molar-refractivity contribution in [2.24, 2.45) is 10.7 Å². The van der Waals surface area contributed by atoms with Crippen LogP contribution < -0.4 is 20.1 Å². The van der Waals surface area contributed by atoms with Gasteiger partial charge in [-0.25, -0.2) is 4.39 Å². The predicted octanol–water partition coefficient (Wildman–Crippen LogP) is 3.63. The van der Waals surface area contributed by atoms with E-state index in [4.69, 9.17) is 15.6 Å². The van der Waals surface area contributed by atoms with Crippen molar-refractivity contribution in [3.8, 4) is 5.75 Å². The van der Waals surface area contributed by atoms with E-state index < -0.39 is 5.82 Å². The van der Waals surface area contributed by atoms with Crippen molar-refractivity contribution in [1.82, 2.24) is 9.62 Å². The van der Waals surface area contributed by atoms with Gasteiger partial charge in [0, 0.05) is 55.9 Å². The van der Waals surface area contributed by atoms with Gasteiger partial charge in [-0.05, 0) is 48.6 Å². The Hall–Kier alpha value is -2.86. The number of nitrogens with zero attached hydrogens (tertiary/aromatic N) is 3. The van der Waals surface area contributed by atoms with Crippen LogP contribution in [0.15, 0.2) is 51.8 Å². The second-order valence-corrected chi connectivity index (χ2v) is 10.4. The number of amides is 1. The fraction of sp³-hybridized carbons (Fsp3) is 0.360. The lowest BCUT2D eigenvalue weighted by Gasteiger charge is -2.25. The van der Waals surface area contributed by atoms with Crippen LogP contribution in [0.5, 0.6) is 5.75 Å². The summed E-state index contributed by atoms with van der Waals surface area (Å²) in [6.07, 6.45) is 6.29. The van der Waals surface area contributed by atoms with Crippen LogP contribution in [-0.4, -0.2) is 62.5 Å².